The van der Waals surface area contributed by atoms with Crippen LogP contribution in [-0.2, 0) is 19.6 Å². The fourth-order valence-corrected chi connectivity index (χ4v) is 2.53. The van der Waals surface area contributed by atoms with Gasteiger partial charge in [-0.15, -0.1) is 11.3 Å². The van der Waals surface area contributed by atoms with Gasteiger partial charge in [-0.25, -0.2) is 4.98 Å². The molecule has 0 unspecified atom stereocenters. The average molecular weight is 226 g/mol. The van der Waals surface area contributed by atoms with Crippen LogP contribution in [-0.4, -0.2) is 16.1 Å². The number of nitrogens with zero attached hydrogens (tertiary/aromatic N) is 1. The maximum absolute atomic E-state index is 9.06. The molecule has 4 heteroatoms. The third kappa shape index (κ3) is 3.00. The summed E-state index contributed by atoms with van der Waals surface area (Å²) in [5, 5.41) is 13.4. The van der Waals surface area contributed by atoms with E-state index in [-0.39, 0.29) is 6.61 Å². The van der Waals surface area contributed by atoms with E-state index in [1.165, 1.54) is 23.4 Å². The van der Waals surface area contributed by atoms with Gasteiger partial charge in [0.1, 0.15) is 5.01 Å². The number of aromatic nitrogens is 1. The van der Waals surface area contributed by atoms with E-state index in [4.69, 9.17) is 5.11 Å². The minimum Gasteiger partial charge on any atom is -0.389 e. The molecular formula is C11H18N2OS. The number of aliphatic hydroxyl groups excluding tert-OH is 1. The maximum atomic E-state index is 9.06. The number of hydrogen-bond acceptors (Lipinski definition) is 4. The van der Waals surface area contributed by atoms with E-state index in [0.717, 1.165) is 30.4 Å². The monoisotopic (exact) mass is 226 g/mol. The number of nitrogens with one attached hydrogen (secondary N) is 1. The highest BCUT2D eigenvalue weighted by Crippen LogP contribution is 2.23. The molecule has 0 amide bonds. The van der Waals surface area contributed by atoms with E-state index < -0.39 is 0 Å². The van der Waals surface area contributed by atoms with E-state index in [0.29, 0.717) is 0 Å². The number of rotatable bonds is 6. The molecule has 15 heavy (non-hydrogen) atoms. The average Bonchev–Trinajstić information content (AvgIpc) is 2.99. The van der Waals surface area contributed by atoms with Crippen molar-refractivity contribution in [2.75, 3.05) is 0 Å². The summed E-state index contributed by atoms with van der Waals surface area (Å²) < 4.78 is 0. The second-order valence-corrected chi connectivity index (χ2v) is 5.21. The first-order valence-corrected chi connectivity index (χ1v) is 6.46. The maximum Gasteiger partial charge on any atom is 0.119 e. The van der Waals surface area contributed by atoms with Crippen LogP contribution in [0.5, 0.6) is 0 Å². The van der Waals surface area contributed by atoms with Crippen LogP contribution >= 0.6 is 11.3 Å². The van der Waals surface area contributed by atoms with Crippen LogP contribution in [0.3, 0.4) is 0 Å². The Bertz CT molecular complexity index is 320. The van der Waals surface area contributed by atoms with Gasteiger partial charge in [-0.1, -0.05) is 13.3 Å². The quantitative estimate of drug-likeness (QED) is 0.778. The Hall–Kier alpha value is -0.450. The lowest BCUT2D eigenvalue weighted by molar-refractivity contribution is 0.281. The third-order valence-corrected chi connectivity index (χ3v) is 3.66. The molecule has 3 nitrogen and oxygen atoms in total. The van der Waals surface area contributed by atoms with E-state index in [1.54, 1.807) is 11.3 Å². The molecule has 0 atom stereocenters. The molecule has 0 radical (unpaired) electrons. The molecule has 1 aromatic rings. The van der Waals surface area contributed by atoms with Crippen molar-refractivity contribution in [3.8, 4) is 0 Å². The van der Waals surface area contributed by atoms with Crippen molar-refractivity contribution in [3.63, 3.8) is 0 Å². The number of thiazole rings is 1. The smallest absolute Gasteiger partial charge is 0.119 e. The molecular weight excluding hydrogens is 208 g/mol. The largest absolute Gasteiger partial charge is 0.389 e. The Balaban J connectivity index is 2.00. The highest BCUT2D eigenvalue weighted by Gasteiger charge is 2.21. The van der Waals surface area contributed by atoms with E-state index in [1.807, 2.05) is 0 Å². The van der Waals surface area contributed by atoms with Crippen molar-refractivity contribution < 1.29 is 5.11 Å². The van der Waals surface area contributed by atoms with Crippen molar-refractivity contribution in [3.05, 3.63) is 15.6 Å². The summed E-state index contributed by atoms with van der Waals surface area (Å²) in [6, 6.07) is 0.735. The van der Waals surface area contributed by atoms with Crippen LogP contribution in [0.4, 0.5) is 0 Å². The molecule has 2 N–H and O–H groups in total. The molecule has 1 fully saturated rings. The van der Waals surface area contributed by atoms with Crippen LogP contribution in [0.15, 0.2) is 0 Å². The third-order valence-electron chi connectivity index (χ3n) is 2.57. The zero-order chi connectivity index (χ0) is 10.7. The fourth-order valence-electron chi connectivity index (χ4n) is 1.60. The van der Waals surface area contributed by atoms with Crippen molar-refractivity contribution in [1.82, 2.24) is 10.3 Å². The molecule has 0 aromatic carbocycles. The summed E-state index contributed by atoms with van der Waals surface area (Å²) in [5.41, 5.74) is 1.18. The highest BCUT2D eigenvalue weighted by atomic mass is 32.1. The molecule has 2 rings (SSSR count). The van der Waals surface area contributed by atoms with Gasteiger partial charge in [-0.3, -0.25) is 0 Å². The Morgan fingerprint density at radius 1 is 1.53 bits per heavy atom. The molecule has 1 heterocycles. The minimum absolute atomic E-state index is 0.0742. The summed E-state index contributed by atoms with van der Waals surface area (Å²) >= 11 is 1.65. The number of aryl methyl sites for hydroxylation is 1. The minimum atomic E-state index is 0.0742. The molecule has 0 saturated heterocycles. The van der Waals surface area contributed by atoms with Gasteiger partial charge in [0.25, 0.3) is 0 Å². The molecule has 0 aliphatic heterocycles. The first-order valence-electron chi connectivity index (χ1n) is 5.65. The molecule has 0 bridgehead atoms. The van der Waals surface area contributed by atoms with E-state index in [2.05, 4.69) is 17.2 Å². The molecule has 84 valence electrons. The Labute approximate surface area is 94.5 Å². The van der Waals surface area contributed by atoms with Crippen molar-refractivity contribution >= 4 is 11.3 Å². The Morgan fingerprint density at radius 2 is 2.33 bits per heavy atom. The van der Waals surface area contributed by atoms with Crippen molar-refractivity contribution in [1.29, 1.82) is 0 Å². The summed E-state index contributed by atoms with van der Waals surface area (Å²) in [5.74, 6) is 0. The zero-order valence-electron chi connectivity index (χ0n) is 9.12. The summed E-state index contributed by atoms with van der Waals surface area (Å²) in [4.78, 5) is 5.76. The summed E-state index contributed by atoms with van der Waals surface area (Å²) in [6.07, 6.45) is 4.77. The number of aliphatic hydroxyl groups is 1. The molecule has 1 aliphatic carbocycles. The lowest BCUT2D eigenvalue weighted by Crippen LogP contribution is -2.15. The predicted octanol–water partition coefficient (Wildman–Crippen LogP) is 1.84. The molecule has 1 aromatic heterocycles. The normalized spacial score (nSPS) is 15.9. The van der Waals surface area contributed by atoms with Crippen LogP contribution in [0.25, 0.3) is 0 Å². The first kappa shape index (κ1) is 11.0. The molecule has 1 saturated carbocycles. The van der Waals surface area contributed by atoms with Gasteiger partial charge in [0.2, 0.25) is 0 Å². The van der Waals surface area contributed by atoms with Crippen molar-refractivity contribution in [2.24, 2.45) is 0 Å². The number of hydrogen-bond donors (Lipinski definition) is 2. The van der Waals surface area contributed by atoms with Gasteiger partial charge in [0.15, 0.2) is 0 Å². The van der Waals surface area contributed by atoms with E-state index in [9.17, 15) is 0 Å². The van der Waals surface area contributed by atoms with Crippen LogP contribution < -0.4 is 5.32 Å². The zero-order valence-corrected chi connectivity index (χ0v) is 9.94. The fraction of sp³-hybridized carbons (Fsp3) is 0.727. The second-order valence-electron chi connectivity index (χ2n) is 4.04. The van der Waals surface area contributed by atoms with Gasteiger partial charge in [0.05, 0.1) is 12.3 Å². The predicted molar refractivity (Wildman–Crippen MR) is 61.9 cm³/mol. The Morgan fingerprint density at radius 3 is 2.93 bits per heavy atom. The summed E-state index contributed by atoms with van der Waals surface area (Å²) in [6.45, 7) is 3.17. The van der Waals surface area contributed by atoms with Gasteiger partial charge in [-0.05, 0) is 19.3 Å². The lowest BCUT2D eigenvalue weighted by Gasteiger charge is -2.01. The molecule has 0 spiro atoms. The molecule has 1 aliphatic rings. The SMILES string of the molecule is CCCc1nc(CO)sc1CNC1CC1. The van der Waals surface area contributed by atoms with Crippen molar-refractivity contribution in [2.45, 2.75) is 51.8 Å². The lowest BCUT2D eigenvalue weighted by atomic mass is 10.2. The Kier molecular flexibility index (Phi) is 3.72. The van der Waals surface area contributed by atoms with Crippen LogP contribution in [0.2, 0.25) is 0 Å². The van der Waals surface area contributed by atoms with Gasteiger partial charge >= 0.3 is 0 Å². The standard InChI is InChI=1S/C11H18N2OS/c1-2-3-9-10(6-12-8-4-5-8)15-11(7-14)13-9/h8,12,14H,2-7H2,1H3. The highest BCUT2D eigenvalue weighted by molar-refractivity contribution is 7.11. The van der Waals surface area contributed by atoms with Crippen LogP contribution in [0.1, 0.15) is 41.8 Å². The van der Waals surface area contributed by atoms with Gasteiger partial charge < -0.3 is 10.4 Å². The van der Waals surface area contributed by atoms with Crippen LogP contribution in [0, 0.1) is 0 Å². The topological polar surface area (TPSA) is 45.2 Å². The van der Waals surface area contributed by atoms with E-state index >= 15 is 0 Å². The van der Waals surface area contributed by atoms with Gasteiger partial charge in [0, 0.05) is 17.5 Å². The second kappa shape index (κ2) is 5.05. The summed E-state index contributed by atoms with van der Waals surface area (Å²) in [7, 11) is 0. The van der Waals surface area contributed by atoms with Gasteiger partial charge in [-0.2, -0.15) is 0 Å². The first-order chi connectivity index (χ1) is 7.33.